The van der Waals surface area contributed by atoms with Crippen LogP contribution in [0.5, 0.6) is 11.5 Å². The Balaban J connectivity index is 0.000000181. The average molecular weight is 1030 g/mol. The van der Waals surface area contributed by atoms with Crippen molar-refractivity contribution in [2.45, 2.75) is 47.1 Å². The van der Waals surface area contributed by atoms with Crippen LogP contribution >= 0.6 is 32.7 Å². The lowest BCUT2D eigenvalue weighted by molar-refractivity contribution is -0.134. The van der Waals surface area contributed by atoms with Gasteiger partial charge in [-0.1, -0.05) is 48.5 Å². The molecule has 0 saturated carbocycles. The van der Waals surface area contributed by atoms with Gasteiger partial charge in [0.15, 0.2) is 9.84 Å². The van der Waals surface area contributed by atoms with E-state index in [-0.39, 0.29) is 33.3 Å². The molecule has 3 heterocycles. The number of aliphatic imine (C=N–C) groups is 1. The van der Waals surface area contributed by atoms with Crippen molar-refractivity contribution in [3.05, 3.63) is 173 Å². The molecule has 0 aliphatic carbocycles. The Kier molecular flexibility index (Phi) is 16.7. The predicted molar refractivity (Wildman–Crippen MR) is 258 cm³/mol. The molecule has 0 aliphatic rings. The number of hydrogen-bond acceptors (Lipinski definition) is 16. The number of fused-ring (bicyclic) bond motifs is 2. The molecule has 0 radical (unpaired) electrons. The van der Waals surface area contributed by atoms with Crippen molar-refractivity contribution in [1.29, 1.82) is 0 Å². The zero-order valence-corrected chi connectivity index (χ0v) is 40.4. The van der Waals surface area contributed by atoms with E-state index in [9.17, 15) is 39.6 Å². The van der Waals surface area contributed by atoms with E-state index in [0.717, 1.165) is 32.9 Å². The zero-order chi connectivity index (χ0) is 49.1. The van der Waals surface area contributed by atoms with Gasteiger partial charge < -0.3 is 9.47 Å². The van der Waals surface area contributed by atoms with Crippen LogP contribution in [-0.4, -0.2) is 58.2 Å². The number of aryl methyl sites for hydroxylation is 2. The van der Waals surface area contributed by atoms with E-state index >= 15 is 0 Å². The summed E-state index contributed by atoms with van der Waals surface area (Å²) in [4.78, 5) is 50.6. The molecular formula is C47H36Cl2N4O11S4. The van der Waals surface area contributed by atoms with Gasteiger partial charge in [0.2, 0.25) is 6.08 Å². The summed E-state index contributed by atoms with van der Waals surface area (Å²) in [5.74, 6) is -0.117. The summed E-state index contributed by atoms with van der Waals surface area (Å²) in [6.45, 7) is 3.89. The number of thiazole rings is 1. The summed E-state index contributed by atoms with van der Waals surface area (Å²) in [5, 5.41) is 3.82. The predicted octanol–water partition coefficient (Wildman–Crippen LogP) is 9.32. The summed E-state index contributed by atoms with van der Waals surface area (Å²) in [5.41, 5.74) is 5.20. The second-order valence-electron chi connectivity index (χ2n) is 14.4. The number of isocyanates is 1. The van der Waals surface area contributed by atoms with Crippen molar-refractivity contribution >= 4 is 106 Å². The minimum Gasteiger partial charge on any atom is -0.425 e. The van der Waals surface area contributed by atoms with Crippen molar-refractivity contribution < 1.29 is 49.1 Å². The largest absolute Gasteiger partial charge is 0.425 e. The Labute approximate surface area is 403 Å². The van der Waals surface area contributed by atoms with Gasteiger partial charge in [0.25, 0.3) is 18.1 Å². The van der Waals surface area contributed by atoms with Gasteiger partial charge in [-0.15, -0.1) is 11.3 Å². The molecule has 8 aromatic rings. The van der Waals surface area contributed by atoms with E-state index in [1.165, 1.54) is 78.1 Å². The molecule has 0 amide bonds. The lowest BCUT2D eigenvalue weighted by Gasteiger charge is -2.09. The SMILES string of the molecule is Cc1cccc2c(OC(=O)Cc3ccc(S(=O)(=O)Cc4nccs4)cc3)ccnc12.Cc1cccc2c(OC(=O)Cc3ccc(S(=O)(=O)Cl)cc3)ccnc12.O=C=Nc1ccc(S(=O)(=O)Cl)cc1. The molecule has 0 aliphatic heterocycles. The Morgan fingerprint density at radius 2 is 1.03 bits per heavy atom. The summed E-state index contributed by atoms with van der Waals surface area (Å²) in [6, 6.07) is 32.0. The van der Waals surface area contributed by atoms with Crippen LogP contribution in [0.15, 0.2) is 165 Å². The minimum atomic E-state index is -3.78. The van der Waals surface area contributed by atoms with E-state index in [1.54, 1.807) is 48.2 Å². The number of hydrogen-bond donors (Lipinski definition) is 0. The number of sulfone groups is 1. The van der Waals surface area contributed by atoms with Crippen molar-refractivity contribution in [2.24, 2.45) is 4.99 Å². The van der Waals surface area contributed by atoms with E-state index in [2.05, 4.69) is 19.9 Å². The molecule has 0 atom stereocenters. The van der Waals surface area contributed by atoms with Crippen molar-refractivity contribution in [3.8, 4) is 11.5 Å². The molecule has 0 unspecified atom stereocenters. The number of benzene rings is 5. The maximum atomic E-state index is 12.5. The molecule has 0 bridgehead atoms. The summed E-state index contributed by atoms with van der Waals surface area (Å²) in [6.07, 6.45) is 6.16. The lowest BCUT2D eigenvalue weighted by atomic mass is 10.1. The lowest BCUT2D eigenvalue weighted by Crippen LogP contribution is -2.12. The number of carbonyl (C=O) groups excluding carboxylic acids is 3. The number of ether oxygens (including phenoxy) is 2. The standard InChI is InChI=1S/C22H18N2O4S2.C18H14ClNO4S.C7H4ClNO3S/c1-15-3-2-4-18-19(9-10-24-22(15)18)28-21(25)13-16-5-7-17(8-6-16)30(26,27)14-20-23-11-12-29-20;1-12-3-2-4-15-16(9-10-20-18(12)15)24-17(21)11-13-5-7-14(8-6-13)25(19,22)23;8-13(11,12)7-3-1-6(2-4-7)9-5-10/h2-12H,13-14H2,1H3;2-10H,11H2,1H3;1-4H. The first kappa shape index (κ1) is 50.7. The van der Waals surface area contributed by atoms with E-state index in [4.69, 9.17) is 30.8 Å². The Morgan fingerprint density at radius 3 is 1.44 bits per heavy atom. The number of pyridine rings is 2. The molecule has 348 valence electrons. The van der Waals surface area contributed by atoms with E-state index in [1.807, 2.05) is 50.2 Å². The summed E-state index contributed by atoms with van der Waals surface area (Å²) in [7, 11) is -0.640. The number of para-hydroxylation sites is 2. The molecule has 8 rings (SSSR count). The van der Waals surface area contributed by atoms with Gasteiger partial charge >= 0.3 is 11.9 Å². The average Bonchev–Trinajstić information content (AvgIpc) is 3.80. The van der Waals surface area contributed by atoms with Crippen LogP contribution in [-0.2, 0) is 60.9 Å². The summed E-state index contributed by atoms with van der Waals surface area (Å²) >= 11 is 1.30. The van der Waals surface area contributed by atoms with Crippen LogP contribution in [0.1, 0.15) is 27.3 Å². The fourth-order valence-electron chi connectivity index (χ4n) is 6.32. The minimum absolute atomic E-state index is 0.0121. The highest BCUT2D eigenvalue weighted by molar-refractivity contribution is 8.14. The number of esters is 2. The highest BCUT2D eigenvalue weighted by atomic mass is 35.7. The Bertz CT molecular complexity index is 3500. The number of aromatic nitrogens is 3. The summed E-state index contributed by atoms with van der Waals surface area (Å²) < 4.78 is 80.0. The van der Waals surface area contributed by atoms with Crippen LogP contribution in [0.4, 0.5) is 5.69 Å². The van der Waals surface area contributed by atoms with E-state index < -0.39 is 39.9 Å². The van der Waals surface area contributed by atoms with Crippen molar-refractivity contribution in [3.63, 3.8) is 0 Å². The molecule has 15 nitrogen and oxygen atoms in total. The molecule has 21 heteroatoms. The van der Waals surface area contributed by atoms with Crippen LogP contribution in [0, 0.1) is 13.8 Å². The maximum Gasteiger partial charge on any atom is 0.315 e. The third-order valence-corrected chi connectivity index (χ3v) is 14.9. The van der Waals surface area contributed by atoms with Gasteiger partial charge in [0.1, 0.15) is 22.3 Å². The van der Waals surface area contributed by atoms with E-state index in [0.29, 0.717) is 33.3 Å². The molecule has 3 aromatic heterocycles. The fourth-order valence-corrected chi connectivity index (χ4v) is 10.1. The first-order chi connectivity index (χ1) is 32.3. The number of nitrogens with zero attached hydrogens (tertiary/aromatic N) is 4. The zero-order valence-electron chi connectivity index (χ0n) is 35.6. The monoisotopic (exact) mass is 1030 g/mol. The van der Waals surface area contributed by atoms with Crippen LogP contribution in [0.2, 0.25) is 0 Å². The highest BCUT2D eigenvalue weighted by Gasteiger charge is 2.18. The van der Waals surface area contributed by atoms with Crippen molar-refractivity contribution in [2.75, 3.05) is 0 Å². The normalized spacial score (nSPS) is 11.3. The first-order valence-corrected chi connectivity index (χ1v) is 26.9. The highest BCUT2D eigenvalue weighted by Crippen LogP contribution is 2.28. The quantitative estimate of drug-likeness (QED) is 0.0481. The van der Waals surface area contributed by atoms with Crippen LogP contribution < -0.4 is 9.47 Å². The van der Waals surface area contributed by atoms with Gasteiger partial charge in [0, 0.05) is 56.1 Å². The number of rotatable bonds is 12. The maximum absolute atomic E-state index is 12.5. The number of carbonyl (C=O) groups is 2. The van der Waals surface area contributed by atoms with Gasteiger partial charge in [-0.2, -0.15) is 4.99 Å². The van der Waals surface area contributed by atoms with Crippen LogP contribution in [0.3, 0.4) is 0 Å². The van der Waals surface area contributed by atoms with Gasteiger partial charge in [-0.3, -0.25) is 19.6 Å². The molecule has 0 N–H and O–H groups in total. The van der Waals surface area contributed by atoms with Crippen LogP contribution in [0.25, 0.3) is 21.8 Å². The Hall–Kier alpha value is -6.70. The molecule has 5 aromatic carbocycles. The third kappa shape index (κ3) is 13.9. The molecular weight excluding hydrogens is 996 g/mol. The molecule has 68 heavy (non-hydrogen) atoms. The molecule has 0 spiro atoms. The second kappa shape index (κ2) is 22.4. The fraction of sp³-hybridized carbons (Fsp3) is 0.106. The van der Waals surface area contributed by atoms with Gasteiger partial charge in [0.05, 0.1) is 44.2 Å². The first-order valence-electron chi connectivity index (χ1n) is 19.8. The van der Waals surface area contributed by atoms with Gasteiger partial charge in [-0.25, -0.2) is 35.0 Å². The topological polar surface area (TPSA) is 223 Å². The van der Waals surface area contributed by atoms with Crippen molar-refractivity contribution in [1.82, 2.24) is 15.0 Å². The third-order valence-electron chi connectivity index (χ3n) is 9.59. The molecule has 0 fully saturated rings. The van der Waals surface area contributed by atoms with Gasteiger partial charge in [-0.05, 0) is 109 Å². The second-order valence-corrected chi connectivity index (χ2v) is 22.5. The number of halogens is 2. The smallest absolute Gasteiger partial charge is 0.315 e. The Morgan fingerprint density at radius 1 is 0.588 bits per heavy atom. The molecule has 0 saturated heterocycles.